The van der Waals surface area contributed by atoms with Crippen LogP contribution in [0.2, 0.25) is 0 Å². The fourth-order valence-electron chi connectivity index (χ4n) is 4.22. The van der Waals surface area contributed by atoms with Crippen LogP contribution in [0, 0.1) is 0 Å². The summed E-state index contributed by atoms with van der Waals surface area (Å²) in [5.41, 5.74) is 4.74. The standard InChI is InChI=1S/C21H28N4O2/c1-23-20-15-25(21(26)13-16-6-5-7-17(12-16)27-2)11-8-18(20)19(22-23)14-24-9-3-4-10-24/h5-7,12H,3-4,8-11,13-15H2,1-2H3. The summed E-state index contributed by atoms with van der Waals surface area (Å²) >= 11 is 0. The number of aromatic nitrogens is 2. The number of nitrogens with zero attached hydrogens (tertiary/aromatic N) is 4. The second-order valence-electron chi connectivity index (χ2n) is 7.57. The molecule has 1 fully saturated rings. The zero-order valence-electron chi connectivity index (χ0n) is 16.3. The summed E-state index contributed by atoms with van der Waals surface area (Å²) in [6, 6.07) is 7.75. The number of methoxy groups -OCH3 is 1. The number of benzene rings is 1. The summed E-state index contributed by atoms with van der Waals surface area (Å²) in [5.74, 6) is 0.954. The van der Waals surface area contributed by atoms with Crippen LogP contribution in [0.4, 0.5) is 0 Å². The zero-order chi connectivity index (χ0) is 18.8. The quantitative estimate of drug-likeness (QED) is 0.812. The van der Waals surface area contributed by atoms with Gasteiger partial charge in [0.1, 0.15) is 5.75 Å². The van der Waals surface area contributed by atoms with Gasteiger partial charge in [0.25, 0.3) is 0 Å². The lowest BCUT2D eigenvalue weighted by molar-refractivity contribution is -0.131. The lowest BCUT2D eigenvalue weighted by Gasteiger charge is -2.28. The molecule has 144 valence electrons. The molecule has 0 unspecified atom stereocenters. The molecule has 2 aromatic rings. The summed E-state index contributed by atoms with van der Waals surface area (Å²) < 4.78 is 7.24. The van der Waals surface area contributed by atoms with Gasteiger partial charge in [0, 0.05) is 25.7 Å². The summed E-state index contributed by atoms with van der Waals surface area (Å²) in [7, 11) is 3.65. The van der Waals surface area contributed by atoms with Crippen LogP contribution >= 0.6 is 0 Å². The molecule has 1 aromatic heterocycles. The molecule has 0 atom stereocenters. The van der Waals surface area contributed by atoms with Crippen molar-refractivity contribution in [1.29, 1.82) is 0 Å². The third-order valence-electron chi connectivity index (χ3n) is 5.74. The van der Waals surface area contributed by atoms with Crippen molar-refractivity contribution in [3.05, 3.63) is 46.8 Å². The normalized spacial score (nSPS) is 17.2. The Morgan fingerprint density at radius 3 is 2.81 bits per heavy atom. The monoisotopic (exact) mass is 368 g/mol. The van der Waals surface area contributed by atoms with Crippen LogP contribution in [-0.4, -0.2) is 52.2 Å². The topological polar surface area (TPSA) is 50.6 Å². The van der Waals surface area contributed by atoms with Crippen molar-refractivity contribution >= 4 is 5.91 Å². The average Bonchev–Trinajstić information content (AvgIpc) is 3.30. The van der Waals surface area contributed by atoms with Gasteiger partial charge in [-0.25, -0.2) is 0 Å². The molecule has 1 saturated heterocycles. The number of rotatable bonds is 5. The van der Waals surface area contributed by atoms with E-state index in [9.17, 15) is 4.79 Å². The first-order valence-electron chi connectivity index (χ1n) is 9.80. The molecule has 0 saturated carbocycles. The average molecular weight is 368 g/mol. The highest BCUT2D eigenvalue weighted by Gasteiger charge is 2.27. The van der Waals surface area contributed by atoms with E-state index in [2.05, 4.69) is 4.90 Å². The fraction of sp³-hybridized carbons (Fsp3) is 0.524. The number of aryl methyl sites for hydroxylation is 1. The Kier molecular flexibility index (Phi) is 5.16. The highest BCUT2D eigenvalue weighted by molar-refractivity contribution is 5.79. The van der Waals surface area contributed by atoms with E-state index < -0.39 is 0 Å². The Balaban J connectivity index is 1.44. The van der Waals surface area contributed by atoms with E-state index in [1.807, 2.05) is 40.9 Å². The molecule has 0 bridgehead atoms. The molecule has 4 rings (SSSR count). The van der Waals surface area contributed by atoms with Crippen molar-refractivity contribution in [3.63, 3.8) is 0 Å². The SMILES string of the molecule is COc1cccc(CC(=O)N2CCc3c(CN4CCCC4)nn(C)c3C2)c1. The second-order valence-corrected chi connectivity index (χ2v) is 7.57. The van der Waals surface area contributed by atoms with Crippen molar-refractivity contribution in [3.8, 4) is 5.75 Å². The molecule has 0 aliphatic carbocycles. The number of hydrogen-bond acceptors (Lipinski definition) is 4. The molecule has 1 amide bonds. The number of amides is 1. The fourth-order valence-corrected chi connectivity index (χ4v) is 4.22. The smallest absolute Gasteiger partial charge is 0.227 e. The molecule has 2 aliphatic heterocycles. The minimum atomic E-state index is 0.163. The Bertz CT molecular complexity index is 824. The van der Waals surface area contributed by atoms with Gasteiger partial charge in [-0.1, -0.05) is 12.1 Å². The van der Waals surface area contributed by atoms with E-state index in [4.69, 9.17) is 9.84 Å². The van der Waals surface area contributed by atoms with Gasteiger partial charge in [0.05, 0.1) is 31.5 Å². The van der Waals surface area contributed by atoms with E-state index in [1.165, 1.54) is 42.9 Å². The van der Waals surface area contributed by atoms with Gasteiger partial charge in [-0.05, 0) is 50.0 Å². The number of likely N-dealkylation sites (tertiary alicyclic amines) is 1. The van der Waals surface area contributed by atoms with Gasteiger partial charge in [-0.2, -0.15) is 5.10 Å². The second kappa shape index (κ2) is 7.72. The van der Waals surface area contributed by atoms with E-state index in [1.54, 1.807) is 7.11 Å². The Labute approximate surface area is 160 Å². The summed E-state index contributed by atoms with van der Waals surface area (Å²) in [6.07, 6.45) is 3.89. The molecule has 0 spiro atoms. The molecule has 27 heavy (non-hydrogen) atoms. The summed E-state index contributed by atoms with van der Waals surface area (Å²) in [6.45, 7) is 4.73. The van der Waals surface area contributed by atoms with Crippen LogP contribution in [-0.2, 0) is 37.8 Å². The molecular weight excluding hydrogens is 340 g/mol. The van der Waals surface area contributed by atoms with E-state index >= 15 is 0 Å². The maximum atomic E-state index is 12.8. The maximum Gasteiger partial charge on any atom is 0.227 e. The minimum absolute atomic E-state index is 0.163. The van der Waals surface area contributed by atoms with Crippen molar-refractivity contribution in [1.82, 2.24) is 19.6 Å². The molecular formula is C21H28N4O2. The summed E-state index contributed by atoms with van der Waals surface area (Å²) in [5, 5.41) is 4.78. The van der Waals surface area contributed by atoms with Crippen molar-refractivity contribution in [2.45, 2.75) is 38.8 Å². The number of ether oxygens (including phenoxy) is 1. The van der Waals surface area contributed by atoms with Crippen molar-refractivity contribution in [2.75, 3.05) is 26.7 Å². The molecule has 3 heterocycles. The van der Waals surface area contributed by atoms with Gasteiger partial charge < -0.3 is 9.64 Å². The molecule has 2 aliphatic rings. The van der Waals surface area contributed by atoms with Gasteiger partial charge >= 0.3 is 0 Å². The number of carbonyl (C=O) groups is 1. The molecule has 0 N–H and O–H groups in total. The van der Waals surface area contributed by atoms with Crippen LogP contribution in [0.25, 0.3) is 0 Å². The predicted octanol–water partition coefficient (Wildman–Crippen LogP) is 2.15. The summed E-state index contributed by atoms with van der Waals surface area (Å²) in [4.78, 5) is 17.3. The Hall–Kier alpha value is -2.34. The molecule has 6 heteroatoms. The predicted molar refractivity (Wildman–Crippen MR) is 104 cm³/mol. The van der Waals surface area contributed by atoms with Crippen LogP contribution in [0.3, 0.4) is 0 Å². The maximum absolute atomic E-state index is 12.8. The lowest BCUT2D eigenvalue weighted by Crippen LogP contribution is -2.37. The molecule has 0 radical (unpaired) electrons. The Morgan fingerprint density at radius 2 is 2.04 bits per heavy atom. The van der Waals surface area contributed by atoms with Gasteiger partial charge in [-0.15, -0.1) is 0 Å². The number of fused-ring (bicyclic) bond motifs is 1. The van der Waals surface area contributed by atoms with E-state index in [0.717, 1.165) is 30.8 Å². The van der Waals surface area contributed by atoms with Gasteiger partial charge in [0.15, 0.2) is 0 Å². The van der Waals surface area contributed by atoms with Crippen LogP contribution < -0.4 is 4.74 Å². The highest BCUT2D eigenvalue weighted by atomic mass is 16.5. The molecule has 6 nitrogen and oxygen atoms in total. The van der Waals surface area contributed by atoms with Crippen LogP contribution in [0.5, 0.6) is 5.75 Å². The Morgan fingerprint density at radius 1 is 1.22 bits per heavy atom. The van der Waals surface area contributed by atoms with Crippen LogP contribution in [0.15, 0.2) is 24.3 Å². The van der Waals surface area contributed by atoms with E-state index in [0.29, 0.717) is 13.0 Å². The highest BCUT2D eigenvalue weighted by Crippen LogP contribution is 2.25. The van der Waals surface area contributed by atoms with Gasteiger partial charge in [0.2, 0.25) is 5.91 Å². The first kappa shape index (κ1) is 18.0. The first-order chi connectivity index (χ1) is 13.1. The third kappa shape index (κ3) is 3.86. The van der Waals surface area contributed by atoms with Crippen molar-refractivity contribution in [2.24, 2.45) is 7.05 Å². The first-order valence-corrected chi connectivity index (χ1v) is 9.80. The third-order valence-corrected chi connectivity index (χ3v) is 5.74. The van der Waals surface area contributed by atoms with E-state index in [-0.39, 0.29) is 5.91 Å². The molecule has 1 aromatic carbocycles. The lowest BCUT2D eigenvalue weighted by atomic mass is 10.0. The van der Waals surface area contributed by atoms with Crippen LogP contribution in [0.1, 0.15) is 35.4 Å². The minimum Gasteiger partial charge on any atom is -0.497 e. The zero-order valence-corrected chi connectivity index (χ0v) is 16.3. The van der Waals surface area contributed by atoms with Gasteiger partial charge in [-0.3, -0.25) is 14.4 Å². The largest absolute Gasteiger partial charge is 0.497 e. The number of hydrogen-bond donors (Lipinski definition) is 0. The number of carbonyl (C=O) groups excluding carboxylic acids is 1. The van der Waals surface area contributed by atoms with Crippen molar-refractivity contribution < 1.29 is 9.53 Å².